The number of rotatable bonds is 3. The van der Waals surface area contributed by atoms with Gasteiger partial charge in [-0.3, -0.25) is 0 Å². The Balaban J connectivity index is 1.85. The van der Waals surface area contributed by atoms with Crippen molar-refractivity contribution in [3.8, 4) is 10.6 Å². The Morgan fingerprint density at radius 1 is 1.06 bits per heavy atom. The van der Waals surface area contributed by atoms with Gasteiger partial charge in [0, 0.05) is 5.38 Å². The number of para-hydroxylation sites is 1. The smallest absolute Gasteiger partial charge is 0.187 e. The first-order chi connectivity index (χ1) is 8.83. The van der Waals surface area contributed by atoms with Crippen molar-refractivity contribution in [3.63, 3.8) is 0 Å². The summed E-state index contributed by atoms with van der Waals surface area (Å²) < 4.78 is 13.5. The number of nitrogens with zero attached hydrogens (tertiary/aromatic N) is 1. The number of nitrogens with one attached hydrogen (secondary N) is 1. The van der Waals surface area contributed by atoms with Gasteiger partial charge in [0.25, 0.3) is 0 Å². The van der Waals surface area contributed by atoms with Crippen LogP contribution < -0.4 is 5.32 Å². The van der Waals surface area contributed by atoms with E-state index in [-0.39, 0.29) is 5.82 Å². The van der Waals surface area contributed by atoms with E-state index in [2.05, 4.69) is 10.3 Å². The molecule has 3 rings (SSSR count). The zero-order chi connectivity index (χ0) is 12.4. The average molecular weight is 276 g/mol. The molecule has 2 aromatic heterocycles. The van der Waals surface area contributed by atoms with E-state index in [4.69, 9.17) is 0 Å². The highest BCUT2D eigenvalue weighted by atomic mass is 32.1. The van der Waals surface area contributed by atoms with Crippen LogP contribution in [0.5, 0.6) is 0 Å². The number of hydrogen-bond acceptors (Lipinski definition) is 4. The quantitative estimate of drug-likeness (QED) is 0.746. The molecule has 0 unspecified atom stereocenters. The third-order valence-corrected chi connectivity index (χ3v) is 4.04. The molecule has 0 aliphatic heterocycles. The molecule has 1 aromatic carbocycles. The van der Waals surface area contributed by atoms with Crippen molar-refractivity contribution < 1.29 is 4.39 Å². The monoisotopic (exact) mass is 276 g/mol. The highest BCUT2D eigenvalue weighted by Crippen LogP contribution is 2.30. The van der Waals surface area contributed by atoms with Crippen LogP contribution in [0, 0.1) is 5.82 Å². The van der Waals surface area contributed by atoms with Crippen molar-refractivity contribution in [3.05, 3.63) is 53.0 Å². The van der Waals surface area contributed by atoms with Gasteiger partial charge in [0.05, 0.1) is 16.3 Å². The van der Waals surface area contributed by atoms with Gasteiger partial charge >= 0.3 is 0 Å². The lowest BCUT2D eigenvalue weighted by Gasteiger charge is -2.02. The minimum absolute atomic E-state index is 0.273. The van der Waals surface area contributed by atoms with E-state index in [0.29, 0.717) is 10.8 Å². The number of anilines is 2. The van der Waals surface area contributed by atoms with E-state index in [0.717, 1.165) is 10.6 Å². The van der Waals surface area contributed by atoms with Gasteiger partial charge in [-0.25, -0.2) is 9.37 Å². The highest BCUT2D eigenvalue weighted by molar-refractivity contribution is 7.16. The molecule has 3 aromatic rings. The van der Waals surface area contributed by atoms with Crippen LogP contribution in [0.3, 0.4) is 0 Å². The first-order valence-electron chi connectivity index (χ1n) is 5.34. The molecule has 0 fully saturated rings. The number of aromatic nitrogens is 1. The number of hydrogen-bond donors (Lipinski definition) is 1. The zero-order valence-electron chi connectivity index (χ0n) is 9.26. The van der Waals surface area contributed by atoms with E-state index in [9.17, 15) is 4.39 Å². The molecule has 2 nitrogen and oxygen atoms in total. The predicted octanol–water partition coefficient (Wildman–Crippen LogP) is 4.75. The summed E-state index contributed by atoms with van der Waals surface area (Å²) in [5.41, 5.74) is 1.37. The normalized spacial score (nSPS) is 10.5. The van der Waals surface area contributed by atoms with E-state index in [1.54, 1.807) is 29.5 Å². The Bertz CT molecular complexity index is 647. The summed E-state index contributed by atoms with van der Waals surface area (Å²) in [5, 5.41) is 7.67. The molecule has 0 spiro atoms. The summed E-state index contributed by atoms with van der Waals surface area (Å²) >= 11 is 3.11. The van der Waals surface area contributed by atoms with Gasteiger partial charge in [0.2, 0.25) is 0 Å². The Morgan fingerprint density at radius 3 is 2.72 bits per heavy atom. The van der Waals surface area contributed by atoms with Crippen LogP contribution in [0.15, 0.2) is 47.2 Å². The lowest BCUT2D eigenvalue weighted by molar-refractivity contribution is 0.632. The molecule has 0 saturated carbocycles. The standard InChI is InChI=1S/C13H9FN2S2/c14-9-4-1-2-5-10(9)15-13-16-11(8-18-13)12-6-3-7-17-12/h1-8H,(H,15,16). The fourth-order valence-electron chi connectivity index (χ4n) is 1.55. The molecule has 1 N–H and O–H groups in total. The fourth-order valence-corrected chi connectivity index (χ4v) is 3.03. The summed E-state index contributed by atoms with van der Waals surface area (Å²) in [5.74, 6) is -0.273. The SMILES string of the molecule is Fc1ccccc1Nc1nc(-c2cccs2)cs1. The minimum atomic E-state index is -0.273. The predicted molar refractivity (Wildman–Crippen MR) is 75.1 cm³/mol. The first-order valence-corrected chi connectivity index (χ1v) is 7.10. The van der Waals surface area contributed by atoms with Gasteiger partial charge in [-0.2, -0.15) is 0 Å². The van der Waals surface area contributed by atoms with E-state index in [1.807, 2.05) is 22.9 Å². The van der Waals surface area contributed by atoms with Gasteiger partial charge < -0.3 is 5.32 Å². The second-order valence-electron chi connectivity index (χ2n) is 3.62. The number of benzene rings is 1. The van der Waals surface area contributed by atoms with Gasteiger partial charge in [-0.1, -0.05) is 18.2 Å². The molecule has 0 amide bonds. The van der Waals surface area contributed by atoms with Crippen molar-refractivity contribution in [2.75, 3.05) is 5.32 Å². The Labute approximate surface area is 112 Å². The lowest BCUT2D eigenvalue weighted by Crippen LogP contribution is -1.92. The van der Waals surface area contributed by atoms with E-state index in [1.165, 1.54) is 17.4 Å². The van der Waals surface area contributed by atoms with Crippen molar-refractivity contribution in [2.24, 2.45) is 0 Å². The molecule has 0 atom stereocenters. The maximum atomic E-state index is 13.5. The molecule has 0 bridgehead atoms. The minimum Gasteiger partial charge on any atom is -0.329 e. The van der Waals surface area contributed by atoms with Crippen molar-refractivity contribution in [1.29, 1.82) is 0 Å². The number of thiazole rings is 1. The van der Waals surface area contributed by atoms with Gasteiger partial charge in [0.1, 0.15) is 5.82 Å². The second-order valence-corrected chi connectivity index (χ2v) is 5.43. The Morgan fingerprint density at radius 2 is 1.94 bits per heavy atom. The lowest BCUT2D eigenvalue weighted by atomic mass is 10.3. The summed E-state index contributed by atoms with van der Waals surface area (Å²) in [6.45, 7) is 0. The molecule has 18 heavy (non-hydrogen) atoms. The van der Waals surface area contributed by atoms with Crippen molar-refractivity contribution in [2.45, 2.75) is 0 Å². The molecule has 0 radical (unpaired) electrons. The molecular formula is C13H9FN2S2. The van der Waals surface area contributed by atoms with E-state index >= 15 is 0 Å². The summed E-state index contributed by atoms with van der Waals surface area (Å²) in [7, 11) is 0. The highest BCUT2D eigenvalue weighted by Gasteiger charge is 2.07. The Hall–Kier alpha value is -1.72. The van der Waals surface area contributed by atoms with Crippen molar-refractivity contribution in [1.82, 2.24) is 4.98 Å². The van der Waals surface area contributed by atoms with Crippen LogP contribution in [0.2, 0.25) is 0 Å². The molecule has 5 heteroatoms. The maximum absolute atomic E-state index is 13.5. The molecule has 0 saturated heterocycles. The zero-order valence-corrected chi connectivity index (χ0v) is 10.9. The molecule has 0 aliphatic rings. The van der Waals surface area contributed by atoms with Crippen LogP contribution in [0.1, 0.15) is 0 Å². The van der Waals surface area contributed by atoms with Gasteiger partial charge in [-0.05, 0) is 23.6 Å². The molecule has 0 aliphatic carbocycles. The average Bonchev–Trinajstić information content (AvgIpc) is 3.02. The molecule has 90 valence electrons. The molecular weight excluding hydrogens is 267 g/mol. The second kappa shape index (κ2) is 4.88. The number of halogens is 1. The summed E-state index contributed by atoms with van der Waals surface area (Å²) in [4.78, 5) is 5.56. The van der Waals surface area contributed by atoms with Crippen LogP contribution in [0.4, 0.5) is 15.2 Å². The van der Waals surface area contributed by atoms with Crippen LogP contribution in [-0.2, 0) is 0 Å². The topological polar surface area (TPSA) is 24.9 Å². The fraction of sp³-hybridized carbons (Fsp3) is 0. The van der Waals surface area contributed by atoms with Crippen molar-refractivity contribution >= 4 is 33.5 Å². The largest absolute Gasteiger partial charge is 0.329 e. The summed E-state index contributed by atoms with van der Waals surface area (Å²) in [6.07, 6.45) is 0. The van der Waals surface area contributed by atoms with Crippen LogP contribution in [-0.4, -0.2) is 4.98 Å². The first kappa shape index (κ1) is 11.4. The summed E-state index contributed by atoms with van der Waals surface area (Å²) in [6, 6.07) is 10.6. The third-order valence-electron chi connectivity index (χ3n) is 2.39. The van der Waals surface area contributed by atoms with E-state index < -0.39 is 0 Å². The Kier molecular flexibility index (Phi) is 3.08. The van der Waals surface area contributed by atoms with Crippen LogP contribution >= 0.6 is 22.7 Å². The van der Waals surface area contributed by atoms with Gasteiger partial charge in [-0.15, -0.1) is 22.7 Å². The van der Waals surface area contributed by atoms with Gasteiger partial charge in [0.15, 0.2) is 5.13 Å². The maximum Gasteiger partial charge on any atom is 0.187 e. The van der Waals surface area contributed by atoms with Crippen LogP contribution in [0.25, 0.3) is 10.6 Å². The molecule has 2 heterocycles. The number of thiophene rings is 1. The third kappa shape index (κ3) is 2.27.